The molecule has 0 saturated heterocycles. The molecule has 1 aliphatic rings. The largest absolute Gasteiger partial charge is 0.481 e. The van der Waals surface area contributed by atoms with Crippen LogP contribution in [0.4, 0.5) is 0 Å². The monoisotopic (exact) mass is 432 g/mol. The summed E-state index contributed by atoms with van der Waals surface area (Å²) in [6.07, 6.45) is 0.334. The van der Waals surface area contributed by atoms with Gasteiger partial charge in [-0.25, -0.2) is 8.42 Å². The van der Waals surface area contributed by atoms with E-state index in [9.17, 15) is 18.3 Å². The van der Waals surface area contributed by atoms with Crippen LogP contribution in [0, 0.1) is 5.41 Å². The molecule has 1 aliphatic carbocycles. The molecule has 2 unspecified atom stereocenters. The Kier molecular flexibility index (Phi) is 4.81. The SMILES string of the molecule is O=C(O)C1(CS(=O)(=O)c2ccc(-c3ccc(Cl)cc3)s2)CC1c1ccccc1. The Hall–Kier alpha value is -2.15. The summed E-state index contributed by atoms with van der Waals surface area (Å²) in [6, 6.07) is 19.7. The van der Waals surface area contributed by atoms with Crippen molar-refractivity contribution in [1.82, 2.24) is 0 Å². The minimum Gasteiger partial charge on any atom is -0.481 e. The molecular weight excluding hydrogens is 416 g/mol. The summed E-state index contributed by atoms with van der Waals surface area (Å²) in [4.78, 5) is 12.8. The molecule has 4 rings (SSSR count). The molecule has 1 aromatic heterocycles. The summed E-state index contributed by atoms with van der Waals surface area (Å²) in [6.45, 7) is 0. The van der Waals surface area contributed by atoms with E-state index in [4.69, 9.17) is 11.6 Å². The molecule has 4 nitrogen and oxygen atoms in total. The average molecular weight is 433 g/mol. The van der Waals surface area contributed by atoms with E-state index in [1.165, 1.54) is 0 Å². The van der Waals surface area contributed by atoms with Gasteiger partial charge in [0.2, 0.25) is 0 Å². The third-order valence-corrected chi connectivity index (χ3v) is 9.00. The molecule has 28 heavy (non-hydrogen) atoms. The molecule has 0 amide bonds. The molecule has 2 aromatic carbocycles. The lowest BCUT2D eigenvalue weighted by molar-refractivity contribution is -0.142. The normalized spacial score (nSPS) is 21.4. The van der Waals surface area contributed by atoms with Crippen LogP contribution in [-0.4, -0.2) is 25.2 Å². The van der Waals surface area contributed by atoms with Crippen molar-refractivity contribution in [2.45, 2.75) is 16.5 Å². The molecule has 0 bridgehead atoms. The lowest BCUT2D eigenvalue weighted by Crippen LogP contribution is -2.26. The zero-order chi connectivity index (χ0) is 19.9. The lowest BCUT2D eigenvalue weighted by Gasteiger charge is -2.12. The second-order valence-corrected chi connectivity index (χ2v) is 10.7. The minimum absolute atomic E-state index is 0.191. The average Bonchev–Trinajstić information content (AvgIpc) is 3.17. The number of aliphatic carboxylic acids is 1. The predicted octanol–water partition coefficient (Wildman–Crippen LogP) is 5.10. The number of thiophene rings is 1. The maximum atomic E-state index is 13.0. The molecule has 0 radical (unpaired) electrons. The van der Waals surface area contributed by atoms with Crippen molar-refractivity contribution < 1.29 is 18.3 Å². The van der Waals surface area contributed by atoms with Crippen LogP contribution < -0.4 is 0 Å². The first-order chi connectivity index (χ1) is 13.3. The van der Waals surface area contributed by atoms with E-state index >= 15 is 0 Å². The third kappa shape index (κ3) is 3.48. The van der Waals surface area contributed by atoms with Gasteiger partial charge in [0, 0.05) is 15.8 Å². The Morgan fingerprint density at radius 1 is 1.07 bits per heavy atom. The van der Waals surface area contributed by atoms with E-state index in [0.29, 0.717) is 11.4 Å². The van der Waals surface area contributed by atoms with Crippen molar-refractivity contribution in [3.63, 3.8) is 0 Å². The first-order valence-electron chi connectivity index (χ1n) is 8.69. The summed E-state index contributed by atoms with van der Waals surface area (Å²) in [5.41, 5.74) is 0.482. The number of benzene rings is 2. The van der Waals surface area contributed by atoms with Gasteiger partial charge < -0.3 is 5.11 Å². The highest BCUT2D eigenvalue weighted by Gasteiger charge is 2.63. The topological polar surface area (TPSA) is 71.4 Å². The van der Waals surface area contributed by atoms with E-state index < -0.39 is 27.0 Å². The van der Waals surface area contributed by atoms with E-state index in [2.05, 4.69) is 0 Å². The highest BCUT2D eigenvalue weighted by Crippen LogP contribution is 2.60. The van der Waals surface area contributed by atoms with Gasteiger partial charge in [0.1, 0.15) is 4.21 Å². The van der Waals surface area contributed by atoms with Crippen LogP contribution in [0.15, 0.2) is 70.9 Å². The molecule has 1 saturated carbocycles. The Bertz CT molecular complexity index is 1120. The number of carboxylic acid groups (broad SMARTS) is 1. The van der Waals surface area contributed by atoms with Crippen LogP contribution in [0.2, 0.25) is 5.02 Å². The number of sulfone groups is 1. The fourth-order valence-corrected chi connectivity index (χ4v) is 6.91. The van der Waals surface area contributed by atoms with Gasteiger partial charge in [-0.2, -0.15) is 0 Å². The molecule has 7 heteroatoms. The van der Waals surface area contributed by atoms with Gasteiger partial charge in [-0.1, -0.05) is 54.1 Å². The van der Waals surface area contributed by atoms with Crippen molar-refractivity contribution in [2.24, 2.45) is 5.41 Å². The van der Waals surface area contributed by atoms with E-state index in [0.717, 1.165) is 27.3 Å². The van der Waals surface area contributed by atoms with Crippen molar-refractivity contribution >= 4 is 38.7 Å². The Balaban J connectivity index is 1.60. The number of hydrogen-bond donors (Lipinski definition) is 1. The Morgan fingerprint density at radius 3 is 2.39 bits per heavy atom. The van der Waals surface area contributed by atoms with Gasteiger partial charge in [-0.05, 0) is 41.8 Å². The number of carboxylic acids is 1. The van der Waals surface area contributed by atoms with Crippen LogP contribution in [0.25, 0.3) is 10.4 Å². The van der Waals surface area contributed by atoms with Gasteiger partial charge in [-0.15, -0.1) is 11.3 Å². The van der Waals surface area contributed by atoms with E-state index in [1.807, 2.05) is 42.5 Å². The zero-order valence-electron chi connectivity index (χ0n) is 14.7. The van der Waals surface area contributed by atoms with Crippen LogP contribution in [-0.2, 0) is 14.6 Å². The van der Waals surface area contributed by atoms with Crippen molar-refractivity contribution in [2.75, 3.05) is 5.75 Å². The third-order valence-electron chi connectivity index (χ3n) is 5.17. The van der Waals surface area contributed by atoms with Crippen LogP contribution in [0.1, 0.15) is 17.9 Å². The summed E-state index contributed by atoms with van der Waals surface area (Å²) in [5.74, 6) is -1.73. The molecule has 0 aliphatic heterocycles. The standard InChI is InChI=1S/C21H17ClO4S2/c22-16-8-6-15(7-9-16)18-10-11-19(27-18)28(25,26)13-21(20(23)24)12-17(21)14-4-2-1-3-5-14/h1-11,17H,12-13H2,(H,23,24). The number of halogens is 1. The van der Waals surface area contributed by atoms with Crippen molar-refractivity contribution in [3.05, 3.63) is 77.3 Å². The Labute approximate surface area is 172 Å². The molecule has 3 aromatic rings. The van der Waals surface area contributed by atoms with Crippen LogP contribution >= 0.6 is 22.9 Å². The Morgan fingerprint density at radius 2 is 1.75 bits per heavy atom. The summed E-state index contributed by atoms with van der Waals surface area (Å²) < 4.78 is 26.2. The van der Waals surface area contributed by atoms with Gasteiger partial charge in [0.15, 0.2) is 9.84 Å². The second-order valence-electron chi connectivity index (χ2n) is 7.01. The molecule has 1 N–H and O–H groups in total. The number of hydrogen-bond acceptors (Lipinski definition) is 4. The lowest BCUT2D eigenvalue weighted by atomic mass is 10.0. The molecule has 2 atom stereocenters. The molecule has 1 fully saturated rings. The van der Waals surface area contributed by atoms with E-state index in [1.54, 1.807) is 24.3 Å². The summed E-state index contributed by atoms with van der Waals surface area (Å²) in [5, 5.41) is 10.4. The van der Waals surface area contributed by atoms with Crippen LogP contribution in [0.5, 0.6) is 0 Å². The molecular formula is C21H17ClO4S2. The summed E-state index contributed by atoms with van der Waals surface area (Å²) >= 11 is 7.05. The van der Waals surface area contributed by atoms with Gasteiger partial charge in [0.05, 0.1) is 11.2 Å². The highest BCUT2D eigenvalue weighted by molar-refractivity contribution is 7.93. The summed E-state index contributed by atoms with van der Waals surface area (Å²) in [7, 11) is -3.73. The van der Waals surface area contributed by atoms with Crippen LogP contribution in [0.3, 0.4) is 0 Å². The maximum Gasteiger partial charge on any atom is 0.311 e. The number of carbonyl (C=O) groups is 1. The smallest absolute Gasteiger partial charge is 0.311 e. The fourth-order valence-electron chi connectivity index (χ4n) is 3.55. The van der Waals surface area contributed by atoms with Crippen molar-refractivity contribution in [1.29, 1.82) is 0 Å². The second kappa shape index (κ2) is 7.03. The number of rotatable bonds is 6. The predicted molar refractivity (Wildman–Crippen MR) is 111 cm³/mol. The first-order valence-corrected chi connectivity index (χ1v) is 11.5. The zero-order valence-corrected chi connectivity index (χ0v) is 17.1. The highest BCUT2D eigenvalue weighted by atomic mass is 35.5. The van der Waals surface area contributed by atoms with Gasteiger partial charge in [-0.3, -0.25) is 4.79 Å². The minimum atomic E-state index is -3.73. The fraction of sp³-hybridized carbons (Fsp3) is 0.190. The van der Waals surface area contributed by atoms with Crippen molar-refractivity contribution in [3.8, 4) is 10.4 Å². The van der Waals surface area contributed by atoms with Gasteiger partial charge in [0.25, 0.3) is 0 Å². The van der Waals surface area contributed by atoms with Gasteiger partial charge >= 0.3 is 5.97 Å². The maximum absolute atomic E-state index is 13.0. The molecule has 144 valence electrons. The molecule has 1 heterocycles. The first kappa shape index (κ1) is 19.2. The molecule has 0 spiro atoms. The quantitative estimate of drug-likeness (QED) is 0.588. The van der Waals surface area contributed by atoms with E-state index in [-0.39, 0.29) is 10.1 Å².